The van der Waals surface area contributed by atoms with Gasteiger partial charge in [0.15, 0.2) is 0 Å². The number of rotatable bonds is 12. The molecule has 2 aromatic carbocycles. The standard InChI is InChI=1S/C26H33ClN4O2/c1-3-4-17-30(2)25(32)19-31-23-14-8-7-13-22(23)29-24(31)15-6-5-9-16-28-26(33)20-11-10-12-21(27)18-20/h7-8,10-14,18H,3-6,9,15-17,19H2,1-2H3,(H,28,33). The van der Waals surface area contributed by atoms with Crippen LogP contribution in [-0.2, 0) is 17.8 Å². The first kappa shape index (κ1) is 24.8. The second kappa shape index (κ2) is 12.4. The smallest absolute Gasteiger partial charge is 0.251 e. The van der Waals surface area contributed by atoms with E-state index in [1.807, 2.05) is 36.2 Å². The average molecular weight is 469 g/mol. The summed E-state index contributed by atoms with van der Waals surface area (Å²) in [6.07, 6.45) is 5.65. The van der Waals surface area contributed by atoms with Crippen molar-refractivity contribution >= 4 is 34.4 Å². The molecule has 0 aliphatic heterocycles. The van der Waals surface area contributed by atoms with E-state index in [2.05, 4.69) is 16.8 Å². The Morgan fingerprint density at radius 2 is 1.88 bits per heavy atom. The second-order valence-corrected chi connectivity index (χ2v) is 8.79. The third kappa shape index (κ3) is 7.06. The van der Waals surface area contributed by atoms with Gasteiger partial charge < -0.3 is 14.8 Å². The van der Waals surface area contributed by atoms with Crippen LogP contribution in [0.3, 0.4) is 0 Å². The molecule has 1 aromatic heterocycles. The Bertz CT molecular complexity index is 1080. The molecule has 3 rings (SSSR count). The van der Waals surface area contributed by atoms with Crippen LogP contribution in [0, 0.1) is 0 Å². The number of hydrogen-bond acceptors (Lipinski definition) is 3. The van der Waals surface area contributed by atoms with Gasteiger partial charge >= 0.3 is 0 Å². The molecule has 0 aliphatic rings. The fourth-order valence-electron chi connectivity index (χ4n) is 3.79. The molecule has 0 fully saturated rings. The second-order valence-electron chi connectivity index (χ2n) is 8.35. The van der Waals surface area contributed by atoms with Crippen LogP contribution in [0.15, 0.2) is 48.5 Å². The van der Waals surface area contributed by atoms with Gasteiger partial charge in [-0.3, -0.25) is 9.59 Å². The van der Waals surface area contributed by atoms with Gasteiger partial charge in [0, 0.05) is 37.1 Å². The number of amides is 2. The number of imidazole rings is 1. The number of carbonyl (C=O) groups excluding carboxylic acids is 2. The molecule has 2 amide bonds. The zero-order chi connectivity index (χ0) is 23.6. The topological polar surface area (TPSA) is 67.2 Å². The summed E-state index contributed by atoms with van der Waals surface area (Å²) in [5, 5.41) is 3.50. The average Bonchev–Trinajstić information content (AvgIpc) is 3.16. The summed E-state index contributed by atoms with van der Waals surface area (Å²) >= 11 is 5.95. The molecule has 6 nitrogen and oxygen atoms in total. The minimum atomic E-state index is -0.106. The van der Waals surface area contributed by atoms with E-state index in [9.17, 15) is 9.59 Å². The first-order valence-corrected chi connectivity index (χ1v) is 12.1. The van der Waals surface area contributed by atoms with Crippen LogP contribution in [0.2, 0.25) is 5.02 Å². The Labute approximate surface area is 200 Å². The van der Waals surface area contributed by atoms with Gasteiger partial charge in [-0.2, -0.15) is 0 Å². The highest BCUT2D eigenvalue weighted by atomic mass is 35.5. The summed E-state index contributed by atoms with van der Waals surface area (Å²) in [7, 11) is 1.87. The van der Waals surface area contributed by atoms with Crippen LogP contribution in [0.1, 0.15) is 55.2 Å². The van der Waals surface area contributed by atoms with E-state index in [-0.39, 0.29) is 11.8 Å². The molecule has 7 heteroatoms. The summed E-state index contributed by atoms with van der Waals surface area (Å²) in [6, 6.07) is 14.9. The fraction of sp³-hybridized carbons (Fsp3) is 0.423. The molecule has 0 saturated carbocycles. The number of fused-ring (bicyclic) bond motifs is 1. The van der Waals surface area contributed by atoms with E-state index in [4.69, 9.17) is 16.6 Å². The molecular formula is C26H33ClN4O2. The van der Waals surface area contributed by atoms with Crippen LogP contribution in [-0.4, -0.2) is 46.4 Å². The zero-order valence-electron chi connectivity index (χ0n) is 19.5. The lowest BCUT2D eigenvalue weighted by atomic mass is 10.1. The van der Waals surface area contributed by atoms with Gasteiger partial charge in [0.2, 0.25) is 5.91 Å². The molecule has 1 N–H and O–H groups in total. The van der Waals surface area contributed by atoms with Crippen molar-refractivity contribution in [3.05, 3.63) is 64.9 Å². The van der Waals surface area contributed by atoms with Crippen LogP contribution < -0.4 is 5.32 Å². The number of halogens is 1. The quantitative estimate of drug-likeness (QED) is 0.376. The maximum Gasteiger partial charge on any atom is 0.251 e. The molecule has 1 heterocycles. The molecule has 0 spiro atoms. The minimum absolute atomic E-state index is 0.106. The highest BCUT2D eigenvalue weighted by Gasteiger charge is 2.16. The molecule has 33 heavy (non-hydrogen) atoms. The van der Waals surface area contributed by atoms with Gasteiger partial charge in [0.25, 0.3) is 5.91 Å². The number of carbonyl (C=O) groups is 2. The van der Waals surface area contributed by atoms with Crippen molar-refractivity contribution < 1.29 is 9.59 Å². The Balaban J connectivity index is 1.52. The maximum absolute atomic E-state index is 12.8. The van der Waals surface area contributed by atoms with Gasteiger partial charge in [-0.05, 0) is 49.6 Å². The number of para-hydroxylation sites is 2. The Hall–Kier alpha value is -2.86. The number of hydrogen-bond donors (Lipinski definition) is 1. The lowest BCUT2D eigenvalue weighted by Gasteiger charge is -2.18. The number of unbranched alkanes of at least 4 members (excludes halogenated alkanes) is 3. The molecule has 0 saturated heterocycles. The van der Waals surface area contributed by atoms with E-state index < -0.39 is 0 Å². The van der Waals surface area contributed by atoms with E-state index >= 15 is 0 Å². The van der Waals surface area contributed by atoms with Crippen molar-refractivity contribution in [1.29, 1.82) is 0 Å². The lowest BCUT2D eigenvalue weighted by molar-refractivity contribution is -0.130. The van der Waals surface area contributed by atoms with E-state index in [1.54, 1.807) is 24.3 Å². The normalized spacial score (nSPS) is 11.0. The fourth-order valence-corrected chi connectivity index (χ4v) is 3.98. The molecule has 0 aliphatic carbocycles. The summed E-state index contributed by atoms with van der Waals surface area (Å²) in [5.41, 5.74) is 2.49. The third-order valence-corrected chi connectivity index (χ3v) is 5.98. The predicted molar refractivity (Wildman–Crippen MR) is 134 cm³/mol. The first-order valence-electron chi connectivity index (χ1n) is 11.7. The van der Waals surface area contributed by atoms with Crippen molar-refractivity contribution in [3.63, 3.8) is 0 Å². The first-order chi connectivity index (χ1) is 16.0. The van der Waals surface area contributed by atoms with Crippen LogP contribution >= 0.6 is 11.6 Å². The number of aryl methyl sites for hydroxylation is 1. The number of aromatic nitrogens is 2. The molecule has 176 valence electrons. The largest absolute Gasteiger partial charge is 0.352 e. The number of nitrogens with zero attached hydrogens (tertiary/aromatic N) is 3. The summed E-state index contributed by atoms with van der Waals surface area (Å²) in [6.45, 7) is 3.83. The number of nitrogens with one attached hydrogen (secondary N) is 1. The van der Waals surface area contributed by atoms with E-state index in [1.165, 1.54) is 0 Å². The monoisotopic (exact) mass is 468 g/mol. The number of benzene rings is 2. The van der Waals surface area contributed by atoms with Gasteiger partial charge in [0.1, 0.15) is 12.4 Å². The maximum atomic E-state index is 12.8. The highest BCUT2D eigenvalue weighted by molar-refractivity contribution is 6.30. The van der Waals surface area contributed by atoms with Crippen LogP contribution in [0.25, 0.3) is 11.0 Å². The van der Waals surface area contributed by atoms with Crippen LogP contribution in [0.5, 0.6) is 0 Å². The van der Waals surface area contributed by atoms with Gasteiger partial charge in [0.05, 0.1) is 11.0 Å². The van der Waals surface area contributed by atoms with E-state index in [0.717, 1.165) is 61.9 Å². The van der Waals surface area contributed by atoms with Crippen LogP contribution in [0.4, 0.5) is 0 Å². The third-order valence-electron chi connectivity index (χ3n) is 5.75. The van der Waals surface area contributed by atoms with Gasteiger partial charge in [-0.15, -0.1) is 0 Å². The van der Waals surface area contributed by atoms with Crippen molar-refractivity contribution in [2.24, 2.45) is 0 Å². The molecule has 0 bridgehead atoms. The van der Waals surface area contributed by atoms with E-state index in [0.29, 0.717) is 23.7 Å². The molecule has 0 atom stereocenters. The van der Waals surface area contributed by atoms with Gasteiger partial charge in [-0.25, -0.2) is 4.98 Å². The molecular weight excluding hydrogens is 436 g/mol. The van der Waals surface area contributed by atoms with Crippen molar-refractivity contribution in [2.75, 3.05) is 20.1 Å². The summed E-state index contributed by atoms with van der Waals surface area (Å²) in [4.78, 5) is 31.6. The zero-order valence-corrected chi connectivity index (χ0v) is 20.3. The predicted octanol–water partition coefficient (Wildman–Crippen LogP) is 5.09. The lowest BCUT2D eigenvalue weighted by Crippen LogP contribution is -2.31. The molecule has 3 aromatic rings. The summed E-state index contributed by atoms with van der Waals surface area (Å²) in [5.74, 6) is 0.943. The Morgan fingerprint density at radius 3 is 2.67 bits per heavy atom. The molecule has 0 unspecified atom stereocenters. The van der Waals surface area contributed by atoms with Crippen molar-refractivity contribution in [3.8, 4) is 0 Å². The Kier molecular flexibility index (Phi) is 9.31. The highest BCUT2D eigenvalue weighted by Crippen LogP contribution is 2.18. The van der Waals surface area contributed by atoms with Crippen molar-refractivity contribution in [2.45, 2.75) is 52.0 Å². The SMILES string of the molecule is CCCCN(C)C(=O)Cn1c(CCCCCNC(=O)c2cccc(Cl)c2)nc2ccccc21. The van der Waals surface area contributed by atoms with Crippen molar-refractivity contribution in [1.82, 2.24) is 19.8 Å². The van der Waals surface area contributed by atoms with Gasteiger partial charge in [-0.1, -0.05) is 49.6 Å². The number of likely N-dealkylation sites (N-methyl/N-ethyl adjacent to an activating group) is 1. The minimum Gasteiger partial charge on any atom is -0.352 e. The summed E-state index contributed by atoms with van der Waals surface area (Å²) < 4.78 is 2.06. The Morgan fingerprint density at radius 1 is 1.06 bits per heavy atom. The molecule has 0 radical (unpaired) electrons.